The van der Waals surface area contributed by atoms with Crippen LogP contribution in [0.3, 0.4) is 0 Å². The largest absolute Gasteiger partial charge is 0.476 e. The molecular formula is C51H46O8. The molecule has 0 saturated heterocycles. The predicted octanol–water partition coefficient (Wildman–Crippen LogP) is 9.80. The summed E-state index contributed by atoms with van der Waals surface area (Å²) in [5, 5.41) is 11.0. The molecule has 1 N–H and O–H groups in total. The van der Waals surface area contributed by atoms with Crippen molar-refractivity contribution < 1.29 is 38.4 Å². The lowest BCUT2D eigenvalue weighted by molar-refractivity contribution is -0.151. The van der Waals surface area contributed by atoms with Crippen LogP contribution in [0.4, 0.5) is 0 Å². The summed E-state index contributed by atoms with van der Waals surface area (Å²) in [6.07, 6.45) is 4.66. The molecule has 0 aliphatic carbocycles. The fourth-order valence-electron chi connectivity index (χ4n) is 6.29. The first-order valence-electron chi connectivity index (χ1n) is 19.3. The first-order chi connectivity index (χ1) is 28.2. The molecule has 59 heavy (non-hydrogen) atoms. The van der Waals surface area contributed by atoms with Crippen molar-refractivity contribution in [3.05, 3.63) is 191 Å². The zero-order valence-corrected chi connectivity index (χ0v) is 33.7. The van der Waals surface area contributed by atoms with E-state index < -0.39 is 28.9 Å². The van der Waals surface area contributed by atoms with E-state index in [1.807, 2.05) is 55.5 Å². The first-order valence-corrected chi connectivity index (χ1v) is 19.3. The highest BCUT2D eigenvalue weighted by atomic mass is 16.6. The van der Waals surface area contributed by atoms with Gasteiger partial charge in [0.25, 0.3) is 0 Å². The molecule has 0 aliphatic rings. The summed E-state index contributed by atoms with van der Waals surface area (Å²) in [6, 6.07) is 45.9. The van der Waals surface area contributed by atoms with Crippen LogP contribution in [-0.2, 0) is 10.2 Å². The smallest absolute Gasteiger partial charge is 0.355 e. The predicted molar refractivity (Wildman–Crippen MR) is 227 cm³/mol. The van der Waals surface area contributed by atoms with Crippen LogP contribution in [0.25, 0.3) is 0 Å². The lowest BCUT2D eigenvalue weighted by atomic mass is 9.78. The highest BCUT2D eigenvalue weighted by Gasteiger charge is 2.37. The molecule has 0 aliphatic heterocycles. The molecule has 0 aromatic heterocycles. The minimum atomic E-state index is -1.55. The molecule has 3 unspecified atom stereocenters. The third kappa shape index (κ3) is 9.61. The van der Waals surface area contributed by atoms with Gasteiger partial charge in [-0.25, -0.2) is 4.79 Å². The van der Waals surface area contributed by atoms with Gasteiger partial charge in [0.15, 0.2) is 11.6 Å². The van der Waals surface area contributed by atoms with E-state index in [0.29, 0.717) is 51.7 Å². The van der Waals surface area contributed by atoms with Crippen LogP contribution in [0.2, 0.25) is 0 Å². The van der Waals surface area contributed by atoms with Gasteiger partial charge in [0.05, 0.1) is 0 Å². The number of aliphatic hydroxyl groups is 1. The molecular weight excluding hydrogens is 741 g/mol. The number of carbonyl (C=O) groups excluding carboxylic acids is 3. The van der Waals surface area contributed by atoms with Gasteiger partial charge in [0.2, 0.25) is 17.5 Å². The summed E-state index contributed by atoms with van der Waals surface area (Å²) in [7, 11) is 0. The lowest BCUT2D eigenvalue weighted by Gasteiger charge is -2.31. The Morgan fingerprint density at radius 2 is 0.949 bits per heavy atom. The Labute approximate surface area is 345 Å². The maximum Gasteiger partial charge on any atom is 0.355 e. The van der Waals surface area contributed by atoms with E-state index in [-0.39, 0.29) is 11.6 Å². The van der Waals surface area contributed by atoms with Crippen LogP contribution in [0.5, 0.6) is 23.0 Å². The van der Waals surface area contributed by atoms with E-state index in [9.17, 15) is 19.5 Å². The van der Waals surface area contributed by atoms with Gasteiger partial charge < -0.3 is 24.1 Å². The maximum absolute atomic E-state index is 13.4. The van der Waals surface area contributed by atoms with E-state index in [1.165, 1.54) is 0 Å². The molecule has 8 heteroatoms. The molecule has 0 radical (unpaired) electrons. The Morgan fingerprint density at radius 3 is 1.39 bits per heavy atom. The number of rotatable bonds is 16. The summed E-state index contributed by atoms with van der Waals surface area (Å²) >= 11 is 0. The Morgan fingerprint density at radius 1 is 0.559 bits per heavy atom. The number of hydrogen-bond acceptors (Lipinski definition) is 8. The van der Waals surface area contributed by atoms with Crippen LogP contribution < -0.4 is 18.9 Å². The molecule has 0 spiro atoms. The quantitative estimate of drug-likeness (QED) is 0.0340. The number of esters is 1. The number of hydrogen-bond donors (Lipinski definition) is 1. The molecule has 0 fully saturated rings. The zero-order valence-electron chi connectivity index (χ0n) is 33.7. The Bertz CT molecular complexity index is 2420. The first kappa shape index (κ1) is 41.7. The molecule has 6 rings (SSSR count). The molecule has 298 valence electrons. The average molecular weight is 787 g/mol. The number of carbonyl (C=O) groups is 3. The Hall–Kier alpha value is -6.95. The van der Waals surface area contributed by atoms with Gasteiger partial charge in [0, 0.05) is 27.7 Å². The van der Waals surface area contributed by atoms with Crippen LogP contribution in [0, 0.1) is 12.3 Å². The standard InChI is InChI=1S/C51H46O8/c1-7-50(5,58-43-29-21-38(22-30-43)46(53)36-17-13-10-14-18-36)48(55)57-42-31-23-39(24-32-42)49(3,4)40-25-33-44(34-26-40)59-51(6,8-2)47(54)56-41-27-19-37(20-28-41)45(52)35-15-11-9-12-16-35/h2,9-34,47,54H,7H2,1,3-6H3. The third-order valence-corrected chi connectivity index (χ3v) is 10.5. The fourth-order valence-corrected chi connectivity index (χ4v) is 6.29. The molecule has 6 aromatic carbocycles. The number of aliphatic hydroxyl groups excluding tert-OH is 1. The average Bonchev–Trinajstić information content (AvgIpc) is 3.27. The Balaban J connectivity index is 1.05. The summed E-state index contributed by atoms with van der Waals surface area (Å²) in [5.74, 6) is 3.31. The van der Waals surface area contributed by atoms with Crippen molar-refractivity contribution in [3.8, 4) is 35.3 Å². The highest BCUT2D eigenvalue weighted by Crippen LogP contribution is 2.35. The van der Waals surface area contributed by atoms with Crippen LogP contribution in [0.15, 0.2) is 158 Å². The van der Waals surface area contributed by atoms with Crippen molar-refractivity contribution in [1.82, 2.24) is 0 Å². The normalized spacial score (nSPS) is 13.7. The van der Waals surface area contributed by atoms with E-state index in [2.05, 4.69) is 19.8 Å². The molecule has 0 saturated carbocycles. The molecule has 0 amide bonds. The second-order valence-corrected chi connectivity index (χ2v) is 15.0. The molecule has 6 aromatic rings. The topological polar surface area (TPSA) is 108 Å². The SMILES string of the molecule is C#CC(C)(Oc1ccc(C(C)(C)c2ccc(OC(=O)C(C)(CC)Oc3ccc(C(=O)c4ccccc4)cc3)cc2)cc1)C(O)Oc1ccc(C(=O)c2ccccc2)cc1. The van der Waals surface area contributed by atoms with E-state index in [0.717, 1.165) is 11.1 Å². The minimum Gasteiger partial charge on any atom is -0.476 e. The third-order valence-electron chi connectivity index (χ3n) is 10.5. The molecule has 8 nitrogen and oxygen atoms in total. The molecule has 0 heterocycles. The molecule has 0 bridgehead atoms. The number of ether oxygens (including phenoxy) is 4. The van der Waals surface area contributed by atoms with Crippen molar-refractivity contribution >= 4 is 17.5 Å². The van der Waals surface area contributed by atoms with Gasteiger partial charge in [-0.1, -0.05) is 112 Å². The summed E-state index contributed by atoms with van der Waals surface area (Å²) in [6.45, 7) is 9.23. The zero-order chi connectivity index (χ0) is 42.2. The monoisotopic (exact) mass is 786 g/mol. The minimum absolute atomic E-state index is 0.0994. The van der Waals surface area contributed by atoms with Gasteiger partial charge >= 0.3 is 5.97 Å². The van der Waals surface area contributed by atoms with E-state index >= 15 is 0 Å². The number of ketones is 2. The van der Waals surface area contributed by atoms with Gasteiger partial charge in [-0.15, -0.1) is 6.42 Å². The van der Waals surface area contributed by atoms with Gasteiger partial charge in [-0.05, 0) is 104 Å². The van der Waals surface area contributed by atoms with Crippen LogP contribution >= 0.6 is 0 Å². The number of benzene rings is 6. The summed E-state index contributed by atoms with van der Waals surface area (Å²) in [4.78, 5) is 39.0. The van der Waals surface area contributed by atoms with E-state index in [1.54, 1.807) is 123 Å². The number of terminal acetylenes is 1. The Kier molecular flexibility index (Phi) is 12.5. The van der Waals surface area contributed by atoms with Crippen molar-refractivity contribution in [3.63, 3.8) is 0 Å². The van der Waals surface area contributed by atoms with Crippen molar-refractivity contribution in [2.24, 2.45) is 0 Å². The van der Waals surface area contributed by atoms with Gasteiger partial charge in [0.1, 0.15) is 23.0 Å². The van der Waals surface area contributed by atoms with Crippen molar-refractivity contribution in [1.29, 1.82) is 0 Å². The second-order valence-electron chi connectivity index (χ2n) is 15.0. The fraction of sp³-hybridized carbons (Fsp3) is 0.196. The lowest BCUT2D eigenvalue weighted by Crippen LogP contribution is -2.47. The summed E-state index contributed by atoms with van der Waals surface area (Å²) in [5.41, 5.74) is 0.828. The van der Waals surface area contributed by atoms with Crippen molar-refractivity contribution in [2.75, 3.05) is 0 Å². The second kappa shape index (κ2) is 17.7. The van der Waals surface area contributed by atoms with Crippen LogP contribution in [-0.4, -0.2) is 40.1 Å². The maximum atomic E-state index is 13.4. The van der Waals surface area contributed by atoms with Crippen LogP contribution in [0.1, 0.15) is 84.0 Å². The van der Waals surface area contributed by atoms with E-state index in [4.69, 9.17) is 25.4 Å². The molecule has 3 atom stereocenters. The van der Waals surface area contributed by atoms with Gasteiger partial charge in [-0.3, -0.25) is 9.59 Å². The van der Waals surface area contributed by atoms with Gasteiger partial charge in [-0.2, -0.15) is 0 Å². The highest BCUT2D eigenvalue weighted by molar-refractivity contribution is 6.09. The van der Waals surface area contributed by atoms with Crippen molar-refractivity contribution in [2.45, 2.75) is 63.9 Å². The summed E-state index contributed by atoms with van der Waals surface area (Å²) < 4.78 is 23.8.